The average molecular weight is 364 g/mol. The van der Waals surface area contributed by atoms with Crippen LogP contribution < -0.4 is 16.0 Å². The molecule has 3 N–H and O–H groups in total. The van der Waals surface area contributed by atoms with Crippen LogP contribution in [0.4, 0.5) is 27.3 Å². The zero-order chi connectivity index (χ0) is 19.2. The summed E-state index contributed by atoms with van der Waals surface area (Å²) >= 11 is 0. The Labute approximate surface area is 155 Å². The Balaban J connectivity index is 1.67. The van der Waals surface area contributed by atoms with Crippen molar-refractivity contribution in [3.05, 3.63) is 78.2 Å². The number of carbonyl (C=O) groups is 2. The predicted octanol–water partition coefficient (Wildman–Crippen LogP) is 4.18. The van der Waals surface area contributed by atoms with Crippen LogP contribution in [0.2, 0.25) is 0 Å². The average Bonchev–Trinajstić information content (AvgIpc) is 2.65. The number of halogens is 1. The fourth-order valence-electron chi connectivity index (χ4n) is 2.36. The van der Waals surface area contributed by atoms with Gasteiger partial charge < -0.3 is 16.0 Å². The summed E-state index contributed by atoms with van der Waals surface area (Å²) in [4.78, 5) is 27.6. The molecule has 2 aromatic carbocycles. The van der Waals surface area contributed by atoms with Gasteiger partial charge in [-0.25, -0.2) is 9.37 Å². The van der Waals surface area contributed by atoms with E-state index in [1.807, 2.05) is 0 Å². The summed E-state index contributed by atoms with van der Waals surface area (Å²) in [6.07, 6.45) is 1.51. The fraction of sp³-hybridized carbons (Fsp3) is 0.0500. The molecule has 1 aromatic heterocycles. The number of hydrogen-bond acceptors (Lipinski definition) is 4. The van der Waals surface area contributed by atoms with Crippen LogP contribution in [0, 0.1) is 5.82 Å². The van der Waals surface area contributed by atoms with Gasteiger partial charge in [0, 0.05) is 35.7 Å². The molecule has 0 aliphatic heterocycles. The molecule has 6 nitrogen and oxygen atoms in total. The van der Waals surface area contributed by atoms with Gasteiger partial charge in [0.15, 0.2) is 0 Å². The first-order valence-electron chi connectivity index (χ1n) is 8.17. The SMILES string of the molecule is CC(=O)Nc1ccc(NC(=O)c2ccnc(Nc3ccc(F)cc3)c2)cc1. The highest BCUT2D eigenvalue weighted by Gasteiger charge is 2.08. The molecule has 0 radical (unpaired) electrons. The predicted molar refractivity (Wildman–Crippen MR) is 103 cm³/mol. The Morgan fingerprint density at radius 2 is 1.44 bits per heavy atom. The third-order valence-corrected chi connectivity index (χ3v) is 3.60. The van der Waals surface area contributed by atoms with E-state index in [1.165, 1.54) is 25.3 Å². The first kappa shape index (κ1) is 18.1. The lowest BCUT2D eigenvalue weighted by Gasteiger charge is -2.09. The minimum atomic E-state index is -0.328. The van der Waals surface area contributed by atoms with Crippen LogP contribution in [-0.4, -0.2) is 16.8 Å². The molecule has 0 aliphatic carbocycles. The van der Waals surface area contributed by atoms with Crippen LogP contribution in [0.5, 0.6) is 0 Å². The number of aromatic nitrogens is 1. The highest BCUT2D eigenvalue weighted by molar-refractivity contribution is 6.04. The highest BCUT2D eigenvalue weighted by atomic mass is 19.1. The van der Waals surface area contributed by atoms with Crippen molar-refractivity contribution < 1.29 is 14.0 Å². The van der Waals surface area contributed by atoms with Crippen molar-refractivity contribution in [3.8, 4) is 0 Å². The van der Waals surface area contributed by atoms with Gasteiger partial charge in [-0.3, -0.25) is 9.59 Å². The number of nitrogens with zero attached hydrogens (tertiary/aromatic N) is 1. The Morgan fingerprint density at radius 3 is 2.07 bits per heavy atom. The summed E-state index contributed by atoms with van der Waals surface area (Å²) in [5.74, 6) is -0.321. The van der Waals surface area contributed by atoms with E-state index < -0.39 is 0 Å². The number of amides is 2. The van der Waals surface area contributed by atoms with Crippen molar-refractivity contribution in [2.75, 3.05) is 16.0 Å². The molecular formula is C20H17FN4O2. The van der Waals surface area contributed by atoms with Crippen molar-refractivity contribution >= 4 is 34.7 Å². The molecule has 0 unspecified atom stereocenters. The van der Waals surface area contributed by atoms with Gasteiger partial charge in [-0.15, -0.1) is 0 Å². The lowest BCUT2D eigenvalue weighted by Crippen LogP contribution is -2.12. The van der Waals surface area contributed by atoms with E-state index in [4.69, 9.17) is 0 Å². The molecule has 0 fully saturated rings. The number of anilines is 4. The van der Waals surface area contributed by atoms with Gasteiger partial charge >= 0.3 is 0 Å². The lowest BCUT2D eigenvalue weighted by molar-refractivity contribution is -0.114. The Kier molecular flexibility index (Phi) is 5.41. The molecule has 27 heavy (non-hydrogen) atoms. The number of carbonyl (C=O) groups excluding carboxylic acids is 2. The summed E-state index contributed by atoms with van der Waals surface area (Å²) in [6.45, 7) is 1.43. The Morgan fingerprint density at radius 1 is 0.852 bits per heavy atom. The molecule has 0 saturated carbocycles. The highest BCUT2D eigenvalue weighted by Crippen LogP contribution is 2.18. The molecule has 1 heterocycles. The van der Waals surface area contributed by atoms with E-state index in [1.54, 1.807) is 48.5 Å². The number of pyridine rings is 1. The van der Waals surface area contributed by atoms with E-state index in [0.717, 1.165) is 0 Å². The molecule has 0 bridgehead atoms. The van der Waals surface area contributed by atoms with Crippen LogP contribution in [0.25, 0.3) is 0 Å². The quantitative estimate of drug-likeness (QED) is 0.634. The first-order chi connectivity index (χ1) is 13.0. The lowest BCUT2D eigenvalue weighted by atomic mass is 10.2. The van der Waals surface area contributed by atoms with Crippen LogP contribution in [0.3, 0.4) is 0 Å². The van der Waals surface area contributed by atoms with Gasteiger partial charge in [0.1, 0.15) is 11.6 Å². The van der Waals surface area contributed by atoms with Crippen molar-refractivity contribution in [2.45, 2.75) is 6.92 Å². The molecule has 2 amide bonds. The van der Waals surface area contributed by atoms with E-state index >= 15 is 0 Å². The van der Waals surface area contributed by atoms with Gasteiger partial charge in [-0.2, -0.15) is 0 Å². The van der Waals surface area contributed by atoms with Gasteiger partial charge in [0.2, 0.25) is 5.91 Å². The maximum absolute atomic E-state index is 13.0. The molecule has 0 spiro atoms. The van der Waals surface area contributed by atoms with Gasteiger partial charge in [0.05, 0.1) is 0 Å². The second-order valence-electron chi connectivity index (χ2n) is 5.77. The topological polar surface area (TPSA) is 83.1 Å². The fourth-order valence-corrected chi connectivity index (χ4v) is 2.36. The van der Waals surface area contributed by atoms with E-state index in [0.29, 0.717) is 28.4 Å². The smallest absolute Gasteiger partial charge is 0.255 e. The first-order valence-corrected chi connectivity index (χ1v) is 8.17. The van der Waals surface area contributed by atoms with Gasteiger partial charge in [-0.1, -0.05) is 0 Å². The van der Waals surface area contributed by atoms with Crippen LogP contribution in [0.15, 0.2) is 66.9 Å². The number of benzene rings is 2. The third-order valence-electron chi connectivity index (χ3n) is 3.60. The summed E-state index contributed by atoms with van der Waals surface area (Å²) in [7, 11) is 0. The zero-order valence-corrected chi connectivity index (χ0v) is 14.5. The Hall–Kier alpha value is -3.74. The zero-order valence-electron chi connectivity index (χ0n) is 14.5. The van der Waals surface area contributed by atoms with E-state index in [-0.39, 0.29) is 17.6 Å². The summed E-state index contributed by atoms with van der Waals surface area (Å²) in [6, 6.07) is 15.8. The maximum atomic E-state index is 13.0. The van der Waals surface area contributed by atoms with E-state index in [9.17, 15) is 14.0 Å². The second-order valence-corrected chi connectivity index (χ2v) is 5.77. The van der Waals surface area contributed by atoms with Crippen LogP contribution in [0.1, 0.15) is 17.3 Å². The molecule has 7 heteroatoms. The number of nitrogens with one attached hydrogen (secondary N) is 3. The van der Waals surface area contributed by atoms with Crippen molar-refractivity contribution in [2.24, 2.45) is 0 Å². The monoisotopic (exact) mass is 364 g/mol. The molecular weight excluding hydrogens is 347 g/mol. The molecule has 3 aromatic rings. The summed E-state index contributed by atoms with van der Waals surface area (Å²) in [5, 5.41) is 8.46. The summed E-state index contributed by atoms with van der Waals surface area (Å²) < 4.78 is 13.0. The summed E-state index contributed by atoms with van der Waals surface area (Å²) in [5.41, 5.74) is 2.32. The third kappa shape index (κ3) is 5.12. The Bertz CT molecular complexity index is 956. The van der Waals surface area contributed by atoms with Gasteiger partial charge in [0.25, 0.3) is 5.91 Å². The number of rotatable bonds is 5. The van der Waals surface area contributed by atoms with Crippen molar-refractivity contribution in [1.29, 1.82) is 0 Å². The van der Waals surface area contributed by atoms with Crippen molar-refractivity contribution in [3.63, 3.8) is 0 Å². The second kappa shape index (κ2) is 8.09. The largest absolute Gasteiger partial charge is 0.340 e. The molecule has 0 atom stereocenters. The minimum Gasteiger partial charge on any atom is -0.340 e. The molecule has 0 aliphatic rings. The van der Waals surface area contributed by atoms with Crippen LogP contribution >= 0.6 is 0 Å². The van der Waals surface area contributed by atoms with Crippen LogP contribution in [-0.2, 0) is 4.79 Å². The molecule has 136 valence electrons. The maximum Gasteiger partial charge on any atom is 0.255 e. The molecule has 3 rings (SSSR count). The normalized spacial score (nSPS) is 10.1. The van der Waals surface area contributed by atoms with Gasteiger partial charge in [-0.05, 0) is 60.7 Å². The molecule has 0 saturated heterocycles. The minimum absolute atomic E-state index is 0.162. The standard InChI is InChI=1S/C20H17FN4O2/c1-13(26)23-16-6-8-18(9-7-16)25-20(27)14-10-11-22-19(12-14)24-17-4-2-15(21)3-5-17/h2-12H,1H3,(H,22,24)(H,23,26)(H,25,27). The van der Waals surface area contributed by atoms with E-state index in [2.05, 4.69) is 20.9 Å². The number of hydrogen-bond donors (Lipinski definition) is 3. The van der Waals surface area contributed by atoms with Crippen molar-refractivity contribution in [1.82, 2.24) is 4.98 Å².